The minimum absolute atomic E-state index is 0.519. The molecule has 0 saturated heterocycles. The molecular formula is C67H46N2. The quantitative estimate of drug-likeness (QED) is 0.140. The van der Waals surface area contributed by atoms with Gasteiger partial charge in [-0.25, -0.2) is 0 Å². The van der Waals surface area contributed by atoms with E-state index < -0.39 is 5.41 Å². The van der Waals surface area contributed by atoms with Gasteiger partial charge in [0.2, 0.25) is 0 Å². The number of aromatic nitrogens is 1. The maximum absolute atomic E-state index is 2.45. The highest BCUT2D eigenvalue weighted by atomic mass is 15.1. The lowest BCUT2D eigenvalue weighted by Crippen LogP contribution is -2.28. The van der Waals surface area contributed by atoms with Crippen LogP contribution >= 0.6 is 0 Å². The van der Waals surface area contributed by atoms with Crippen LogP contribution in [0.15, 0.2) is 279 Å². The zero-order valence-electron chi connectivity index (χ0n) is 38.0. The average Bonchev–Trinajstić information content (AvgIpc) is 3.93. The van der Waals surface area contributed by atoms with Crippen LogP contribution in [0.2, 0.25) is 0 Å². The second-order valence-corrected chi connectivity index (χ2v) is 18.1. The first-order valence-corrected chi connectivity index (χ1v) is 23.8. The predicted octanol–water partition coefficient (Wildman–Crippen LogP) is 17.6. The molecule has 1 aliphatic carbocycles. The summed E-state index contributed by atoms with van der Waals surface area (Å²) >= 11 is 0. The number of benzene rings is 11. The number of hydrogen-bond acceptors (Lipinski definition) is 1. The van der Waals surface area contributed by atoms with Gasteiger partial charge in [0.15, 0.2) is 0 Å². The first-order chi connectivity index (χ1) is 34.2. The van der Waals surface area contributed by atoms with Crippen LogP contribution in [-0.2, 0) is 5.41 Å². The fraction of sp³-hybridized carbons (Fsp3) is 0.0149. The molecule has 0 atom stereocenters. The molecule has 0 unspecified atom stereocenters. The second-order valence-electron chi connectivity index (χ2n) is 18.1. The first-order valence-electron chi connectivity index (χ1n) is 23.8. The molecule has 0 bridgehead atoms. The Labute approximate surface area is 403 Å². The van der Waals surface area contributed by atoms with Crippen molar-refractivity contribution in [3.05, 3.63) is 301 Å². The fourth-order valence-electron chi connectivity index (χ4n) is 11.2. The van der Waals surface area contributed by atoms with Crippen LogP contribution in [0.3, 0.4) is 0 Å². The summed E-state index contributed by atoms with van der Waals surface area (Å²) < 4.78 is 2.42. The van der Waals surface area contributed by atoms with Crippen molar-refractivity contribution >= 4 is 38.9 Å². The highest BCUT2D eigenvalue weighted by molar-refractivity contribution is 6.09. The van der Waals surface area contributed by atoms with Gasteiger partial charge in [-0.2, -0.15) is 0 Å². The molecule has 324 valence electrons. The van der Waals surface area contributed by atoms with Crippen molar-refractivity contribution in [2.75, 3.05) is 4.90 Å². The average molecular weight is 879 g/mol. The number of hydrogen-bond donors (Lipinski definition) is 0. The molecule has 1 heterocycles. The molecule has 0 saturated carbocycles. The topological polar surface area (TPSA) is 8.17 Å². The van der Waals surface area contributed by atoms with Gasteiger partial charge < -0.3 is 9.47 Å². The molecule has 13 rings (SSSR count). The lowest BCUT2D eigenvalue weighted by Gasteiger charge is -2.35. The van der Waals surface area contributed by atoms with Gasteiger partial charge in [0.25, 0.3) is 0 Å². The van der Waals surface area contributed by atoms with Crippen molar-refractivity contribution in [3.8, 4) is 50.2 Å². The molecule has 0 fully saturated rings. The Hall–Kier alpha value is -8.98. The number of rotatable bonds is 9. The molecule has 0 N–H and O–H groups in total. The van der Waals surface area contributed by atoms with E-state index in [0.29, 0.717) is 0 Å². The van der Waals surface area contributed by atoms with Gasteiger partial charge in [-0.3, -0.25) is 0 Å². The summed E-state index contributed by atoms with van der Waals surface area (Å²) in [4.78, 5) is 2.42. The molecule has 2 nitrogen and oxygen atoms in total. The number of nitrogens with zero attached hydrogens (tertiary/aromatic N) is 2. The zero-order valence-corrected chi connectivity index (χ0v) is 38.0. The smallest absolute Gasteiger partial charge is 0.0714 e. The molecule has 11 aromatic carbocycles. The Morgan fingerprint density at radius 1 is 0.275 bits per heavy atom. The van der Waals surface area contributed by atoms with Gasteiger partial charge in [-0.05, 0) is 133 Å². The molecule has 12 aromatic rings. The summed E-state index contributed by atoms with van der Waals surface area (Å²) in [5.74, 6) is 0. The van der Waals surface area contributed by atoms with Crippen molar-refractivity contribution in [3.63, 3.8) is 0 Å². The standard InChI is InChI=1S/C67H46N2/c1-5-19-47(20-6-1)49-33-37-55(38-34-49)68(57-41-42-60-59-27-13-16-30-63(59)67(64(60)46-57,53-23-9-3-10-24-53)54-25-11-4-12-26-54)56-39-35-50(36-40-56)52-43-51(48-21-7-2-8-22-48)44-58(45-52)69-65-31-17-14-28-61(65)62-29-15-18-32-66(62)69/h1-46H. The number of fused-ring (bicyclic) bond motifs is 6. The summed E-state index contributed by atoms with van der Waals surface area (Å²) in [5, 5.41) is 2.50. The van der Waals surface area contributed by atoms with E-state index in [4.69, 9.17) is 0 Å². The van der Waals surface area contributed by atoms with Crippen LogP contribution in [0, 0.1) is 0 Å². The summed E-state index contributed by atoms with van der Waals surface area (Å²) in [5.41, 5.74) is 20.9. The third-order valence-corrected chi connectivity index (χ3v) is 14.3. The largest absolute Gasteiger partial charge is 0.310 e. The maximum atomic E-state index is 2.45. The molecule has 0 aliphatic heterocycles. The van der Waals surface area contributed by atoms with Crippen LogP contribution in [0.1, 0.15) is 22.3 Å². The van der Waals surface area contributed by atoms with Crippen LogP contribution in [-0.4, -0.2) is 4.57 Å². The minimum atomic E-state index is -0.519. The molecule has 0 spiro atoms. The third-order valence-electron chi connectivity index (χ3n) is 14.3. The minimum Gasteiger partial charge on any atom is -0.310 e. The summed E-state index contributed by atoms with van der Waals surface area (Å²) in [6.45, 7) is 0. The normalized spacial score (nSPS) is 12.5. The lowest BCUT2D eigenvalue weighted by atomic mass is 9.67. The summed E-state index contributed by atoms with van der Waals surface area (Å²) in [7, 11) is 0. The predicted molar refractivity (Wildman–Crippen MR) is 289 cm³/mol. The summed E-state index contributed by atoms with van der Waals surface area (Å²) in [6, 6.07) is 102. The van der Waals surface area contributed by atoms with E-state index in [1.807, 2.05) is 0 Å². The van der Waals surface area contributed by atoms with Gasteiger partial charge >= 0.3 is 0 Å². The highest BCUT2D eigenvalue weighted by Gasteiger charge is 2.46. The van der Waals surface area contributed by atoms with Crippen LogP contribution in [0.5, 0.6) is 0 Å². The Morgan fingerprint density at radius 2 is 0.681 bits per heavy atom. The molecule has 0 radical (unpaired) electrons. The van der Waals surface area contributed by atoms with E-state index in [-0.39, 0.29) is 0 Å². The van der Waals surface area contributed by atoms with Crippen LogP contribution in [0.25, 0.3) is 72.0 Å². The first kappa shape index (κ1) is 40.3. The molecule has 69 heavy (non-hydrogen) atoms. The van der Waals surface area contributed by atoms with Gasteiger partial charge in [-0.15, -0.1) is 0 Å². The van der Waals surface area contributed by atoms with E-state index in [1.165, 1.54) is 77.4 Å². The van der Waals surface area contributed by atoms with Crippen LogP contribution < -0.4 is 4.90 Å². The highest BCUT2D eigenvalue weighted by Crippen LogP contribution is 2.57. The van der Waals surface area contributed by atoms with Crippen molar-refractivity contribution in [2.45, 2.75) is 5.41 Å². The second kappa shape index (κ2) is 16.7. The Bertz CT molecular complexity index is 3710. The lowest BCUT2D eigenvalue weighted by molar-refractivity contribution is 0.768. The molecule has 0 amide bonds. The molecule has 1 aromatic heterocycles. The Balaban J connectivity index is 0.985. The third kappa shape index (κ3) is 6.72. The zero-order chi connectivity index (χ0) is 45.7. The Kier molecular flexibility index (Phi) is 9.77. The van der Waals surface area contributed by atoms with E-state index in [0.717, 1.165) is 33.9 Å². The van der Waals surface area contributed by atoms with Crippen molar-refractivity contribution in [2.24, 2.45) is 0 Å². The van der Waals surface area contributed by atoms with Gasteiger partial charge in [0.1, 0.15) is 0 Å². The van der Waals surface area contributed by atoms with E-state index in [1.54, 1.807) is 0 Å². The molecular weight excluding hydrogens is 833 g/mol. The van der Waals surface area contributed by atoms with Crippen LogP contribution in [0.4, 0.5) is 17.1 Å². The SMILES string of the molecule is c1ccc(-c2ccc(N(c3ccc(-c4cc(-c5ccccc5)cc(-n5c6ccccc6c6ccccc65)c4)cc3)c3ccc4c(c3)C(c3ccccc3)(c3ccccc3)c3ccccc3-4)cc2)cc1. The molecule has 2 heteroatoms. The van der Waals surface area contributed by atoms with E-state index in [9.17, 15) is 0 Å². The maximum Gasteiger partial charge on any atom is 0.0714 e. The number of para-hydroxylation sites is 2. The van der Waals surface area contributed by atoms with Crippen molar-refractivity contribution in [1.29, 1.82) is 0 Å². The van der Waals surface area contributed by atoms with Crippen molar-refractivity contribution < 1.29 is 0 Å². The van der Waals surface area contributed by atoms with Crippen molar-refractivity contribution in [1.82, 2.24) is 4.57 Å². The van der Waals surface area contributed by atoms with Gasteiger partial charge in [0, 0.05) is 33.5 Å². The molecule has 1 aliphatic rings. The van der Waals surface area contributed by atoms with E-state index in [2.05, 4.69) is 289 Å². The summed E-state index contributed by atoms with van der Waals surface area (Å²) in [6.07, 6.45) is 0. The Morgan fingerprint density at radius 3 is 1.23 bits per heavy atom. The van der Waals surface area contributed by atoms with E-state index >= 15 is 0 Å². The van der Waals surface area contributed by atoms with Gasteiger partial charge in [0.05, 0.1) is 16.4 Å². The number of anilines is 3. The van der Waals surface area contributed by atoms with Gasteiger partial charge in [-0.1, -0.05) is 212 Å². The fourth-order valence-corrected chi connectivity index (χ4v) is 11.2. The monoisotopic (exact) mass is 878 g/mol.